The van der Waals surface area contributed by atoms with Crippen molar-refractivity contribution < 1.29 is 18.7 Å². The summed E-state index contributed by atoms with van der Waals surface area (Å²) in [5, 5.41) is 2.98. The van der Waals surface area contributed by atoms with Gasteiger partial charge in [-0.25, -0.2) is 9.18 Å². The molecule has 8 heteroatoms. The van der Waals surface area contributed by atoms with Crippen LogP contribution in [0.15, 0.2) is 18.2 Å². The summed E-state index contributed by atoms with van der Waals surface area (Å²) in [5.74, 6) is -0.349. The Kier molecular flexibility index (Phi) is 5.15. The Morgan fingerprint density at radius 3 is 2.83 bits per heavy atom. The van der Waals surface area contributed by atoms with Crippen molar-refractivity contribution >= 4 is 34.7 Å². The van der Waals surface area contributed by atoms with Gasteiger partial charge in [0.15, 0.2) is 0 Å². The maximum atomic E-state index is 14.5. The largest absolute Gasteiger partial charge is 0.442 e. The number of anilines is 2. The molecule has 1 aromatic carbocycles. The van der Waals surface area contributed by atoms with E-state index < -0.39 is 6.09 Å². The fourth-order valence-corrected chi connectivity index (χ4v) is 2.90. The van der Waals surface area contributed by atoms with Crippen LogP contribution < -0.4 is 15.1 Å². The molecule has 1 amide bonds. The SMILES string of the molecule is CC(=S)NCC1CN(c2ccc(N3CCOCC3)c(F)c2)C(=O)O1. The number of ether oxygens (including phenoxy) is 2. The number of halogens is 1. The first-order valence-electron chi connectivity index (χ1n) is 7.89. The van der Waals surface area contributed by atoms with E-state index in [1.54, 1.807) is 19.1 Å². The number of hydrogen-bond donors (Lipinski definition) is 1. The molecule has 1 aromatic rings. The van der Waals surface area contributed by atoms with E-state index in [0.717, 1.165) is 0 Å². The van der Waals surface area contributed by atoms with E-state index in [4.69, 9.17) is 21.7 Å². The minimum absolute atomic E-state index is 0.308. The molecule has 3 rings (SSSR count). The molecular formula is C16H20FN3O3S. The number of cyclic esters (lactones) is 1. The number of amides is 1. The van der Waals surface area contributed by atoms with Crippen LogP contribution in [-0.2, 0) is 9.47 Å². The molecule has 1 N–H and O–H groups in total. The van der Waals surface area contributed by atoms with Crippen LogP contribution in [0.1, 0.15) is 6.92 Å². The van der Waals surface area contributed by atoms with E-state index in [9.17, 15) is 9.18 Å². The van der Waals surface area contributed by atoms with Crippen molar-refractivity contribution in [2.45, 2.75) is 13.0 Å². The van der Waals surface area contributed by atoms with Crippen LogP contribution in [0.4, 0.5) is 20.6 Å². The van der Waals surface area contributed by atoms with Gasteiger partial charge in [0.1, 0.15) is 11.9 Å². The number of thiocarbonyl (C=S) groups is 1. The summed E-state index contributed by atoms with van der Waals surface area (Å²) in [5.41, 5.74) is 1.03. The Hall–Kier alpha value is -1.93. The van der Waals surface area contributed by atoms with Crippen molar-refractivity contribution in [2.75, 3.05) is 49.2 Å². The number of nitrogens with zero attached hydrogens (tertiary/aromatic N) is 2. The smallest absolute Gasteiger partial charge is 0.414 e. The summed E-state index contributed by atoms with van der Waals surface area (Å²) in [6.45, 7) is 5.08. The first kappa shape index (κ1) is 16.9. The molecule has 2 aliphatic heterocycles. The van der Waals surface area contributed by atoms with Crippen molar-refractivity contribution in [3.8, 4) is 0 Å². The Morgan fingerprint density at radius 1 is 1.42 bits per heavy atom. The van der Waals surface area contributed by atoms with Gasteiger partial charge in [0.2, 0.25) is 0 Å². The second-order valence-corrected chi connectivity index (χ2v) is 6.40. The summed E-state index contributed by atoms with van der Waals surface area (Å²) < 4.78 is 25.0. The highest BCUT2D eigenvalue weighted by Gasteiger charge is 2.32. The van der Waals surface area contributed by atoms with Gasteiger partial charge < -0.3 is 19.7 Å². The lowest BCUT2D eigenvalue weighted by Crippen LogP contribution is -2.36. The van der Waals surface area contributed by atoms with Gasteiger partial charge in [0.05, 0.1) is 42.7 Å². The number of carbonyl (C=O) groups is 1. The van der Waals surface area contributed by atoms with Crippen LogP contribution in [0, 0.1) is 5.82 Å². The Morgan fingerprint density at radius 2 is 2.17 bits per heavy atom. The first-order valence-corrected chi connectivity index (χ1v) is 8.30. The lowest BCUT2D eigenvalue weighted by atomic mass is 10.2. The van der Waals surface area contributed by atoms with Gasteiger partial charge in [0, 0.05) is 13.1 Å². The lowest BCUT2D eigenvalue weighted by Gasteiger charge is -2.29. The molecule has 2 saturated heterocycles. The topological polar surface area (TPSA) is 54.0 Å². The molecule has 1 atom stereocenters. The van der Waals surface area contributed by atoms with Gasteiger partial charge in [-0.2, -0.15) is 0 Å². The van der Waals surface area contributed by atoms with Crippen molar-refractivity contribution in [3.63, 3.8) is 0 Å². The highest BCUT2D eigenvalue weighted by molar-refractivity contribution is 7.80. The molecule has 130 valence electrons. The molecule has 0 aromatic heterocycles. The van der Waals surface area contributed by atoms with Gasteiger partial charge in [0.25, 0.3) is 0 Å². The van der Waals surface area contributed by atoms with Crippen LogP contribution in [0.3, 0.4) is 0 Å². The Bertz CT molecular complexity index is 637. The summed E-state index contributed by atoms with van der Waals surface area (Å²) in [7, 11) is 0. The Balaban J connectivity index is 1.69. The predicted molar refractivity (Wildman–Crippen MR) is 93.3 cm³/mol. The number of hydrogen-bond acceptors (Lipinski definition) is 5. The van der Waals surface area contributed by atoms with Crippen LogP contribution >= 0.6 is 12.2 Å². The number of rotatable bonds is 4. The van der Waals surface area contributed by atoms with Gasteiger partial charge in [-0.1, -0.05) is 12.2 Å². The van der Waals surface area contributed by atoms with E-state index >= 15 is 0 Å². The van der Waals surface area contributed by atoms with E-state index in [0.29, 0.717) is 55.8 Å². The molecule has 2 heterocycles. The summed E-state index contributed by atoms with van der Waals surface area (Å²) in [6.07, 6.45) is -0.778. The fraction of sp³-hybridized carbons (Fsp3) is 0.500. The predicted octanol–water partition coefficient (Wildman–Crippen LogP) is 1.92. The molecular weight excluding hydrogens is 333 g/mol. The minimum atomic E-state index is -0.470. The van der Waals surface area contributed by atoms with Gasteiger partial charge in [-0.05, 0) is 25.1 Å². The number of benzene rings is 1. The van der Waals surface area contributed by atoms with E-state index in [2.05, 4.69) is 5.32 Å². The average molecular weight is 353 g/mol. The van der Waals surface area contributed by atoms with Crippen molar-refractivity contribution in [1.29, 1.82) is 0 Å². The quantitative estimate of drug-likeness (QED) is 0.835. The molecule has 1 unspecified atom stereocenters. The molecule has 0 aliphatic carbocycles. The highest BCUT2D eigenvalue weighted by atomic mass is 32.1. The number of morpholine rings is 1. The summed E-state index contributed by atoms with van der Waals surface area (Å²) in [4.78, 5) is 16.1. The molecule has 0 bridgehead atoms. The van der Waals surface area contributed by atoms with Gasteiger partial charge in [-0.3, -0.25) is 4.90 Å². The zero-order chi connectivity index (χ0) is 17.1. The molecule has 24 heavy (non-hydrogen) atoms. The second-order valence-electron chi connectivity index (χ2n) is 5.79. The van der Waals surface area contributed by atoms with Gasteiger partial charge >= 0.3 is 6.09 Å². The average Bonchev–Trinajstić information content (AvgIpc) is 2.94. The van der Waals surface area contributed by atoms with E-state index in [-0.39, 0.29) is 11.9 Å². The standard InChI is InChI=1S/C16H20FN3O3S/c1-11(24)18-9-13-10-20(16(21)23-13)12-2-3-15(14(17)8-12)19-4-6-22-7-5-19/h2-3,8,13H,4-7,9-10H2,1H3,(H,18,24). The zero-order valence-electron chi connectivity index (χ0n) is 13.5. The molecule has 2 fully saturated rings. The summed E-state index contributed by atoms with van der Waals surface area (Å²) >= 11 is 4.95. The van der Waals surface area contributed by atoms with E-state index in [1.165, 1.54) is 11.0 Å². The molecule has 0 radical (unpaired) electrons. The third-order valence-corrected chi connectivity index (χ3v) is 4.19. The molecule has 2 aliphatic rings. The lowest BCUT2D eigenvalue weighted by molar-refractivity contribution is 0.122. The van der Waals surface area contributed by atoms with Crippen molar-refractivity contribution in [2.24, 2.45) is 0 Å². The maximum absolute atomic E-state index is 14.5. The highest BCUT2D eigenvalue weighted by Crippen LogP contribution is 2.28. The number of carbonyl (C=O) groups excluding carboxylic acids is 1. The second kappa shape index (κ2) is 7.31. The van der Waals surface area contributed by atoms with Crippen LogP contribution in [0.25, 0.3) is 0 Å². The van der Waals surface area contributed by atoms with Crippen LogP contribution in [0.2, 0.25) is 0 Å². The molecule has 0 saturated carbocycles. The third-order valence-electron chi connectivity index (χ3n) is 4.05. The molecule has 6 nitrogen and oxygen atoms in total. The normalized spacial score (nSPS) is 20.9. The molecule has 0 spiro atoms. The fourth-order valence-electron chi connectivity index (χ4n) is 2.82. The minimum Gasteiger partial charge on any atom is -0.442 e. The Labute approximate surface area is 145 Å². The monoisotopic (exact) mass is 353 g/mol. The zero-order valence-corrected chi connectivity index (χ0v) is 14.3. The first-order chi connectivity index (χ1) is 11.5. The maximum Gasteiger partial charge on any atom is 0.414 e. The van der Waals surface area contributed by atoms with E-state index in [1.807, 2.05) is 4.90 Å². The number of nitrogens with one attached hydrogen (secondary N) is 1. The third kappa shape index (κ3) is 3.76. The van der Waals surface area contributed by atoms with Gasteiger partial charge in [-0.15, -0.1) is 0 Å². The van der Waals surface area contributed by atoms with Crippen molar-refractivity contribution in [3.05, 3.63) is 24.0 Å². The van der Waals surface area contributed by atoms with Crippen LogP contribution in [-0.4, -0.2) is 56.6 Å². The van der Waals surface area contributed by atoms with Crippen LogP contribution in [0.5, 0.6) is 0 Å². The van der Waals surface area contributed by atoms with Crippen molar-refractivity contribution in [1.82, 2.24) is 5.32 Å². The summed E-state index contributed by atoms with van der Waals surface area (Å²) in [6, 6.07) is 4.83.